The van der Waals surface area contributed by atoms with Crippen LogP contribution in [0.1, 0.15) is 37.0 Å². The molecule has 2 aromatic rings. The maximum Gasteiger partial charge on any atom is 0.00791 e. The maximum atomic E-state index is 3.54. The first-order chi connectivity index (χ1) is 10.1. The molecule has 1 nitrogen and oxygen atoms in total. The van der Waals surface area contributed by atoms with Crippen molar-refractivity contribution >= 4 is 0 Å². The van der Waals surface area contributed by atoms with Crippen LogP contribution in [-0.2, 0) is 6.42 Å². The third-order valence-corrected chi connectivity index (χ3v) is 4.08. The molecule has 21 heavy (non-hydrogen) atoms. The lowest BCUT2D eigenvalue weighted by Crippen LogP contribution is -2.28. The van der Waals surface area contributed by atoms with E-state index in [2.05, 4.69) is 75.5 Å². The fourth-order valence-corrected chi connectivity index (χ4v) is 2.57. The second kappa shape index (κ2) is 7.42. The SMILES string of the molecule is CCCNC(C)Cc1ccc(-c2ccc(C)c(C)c2)cc1. The van der Waals surface area contributed by atoms with Gasteiger partial charge in [0, 0.05) is 6.04 Å². The quantitative estimate of drug-likeness (QED) is 0.794. The molecule has 1 N–H and O–H groups in total. The number of hydrogen-bond acceptors (Lipinski definition) is 1. The Bertz CT molecular complexity index is 569. The van der Waals surface area contributed by atoms with Crippen molar-refractivity contribution in [2.24, 2.45) is 0 Å². The molecule has 0 saturated carbocycles. The van der Waals surface area contributed by atoms with Crippen molar-refractivity contribution in [2.75, 3.05) is 6.54 Å². The van der Waals surface area contributed by atoms with E-state index in [1.807, 2.05) is 0 Å². The van der Waals surface area contributed by atoms with E-state index in [0.717, 1.165) is 13.0 Å². The molecule has 0 spiro atoms. The number of nitrogens with one attached hydrogen (secondary N) is 1. The van der Waals surface area contributed by atoms with E-state index in [-0.39, 0.29) is 0 Å². The van der Waals surface area contributed by atoms with Crippen molar-refractivity contribution in [2.45, 2.75) is 46.6 Å². The van der Waals surface area contributed by atoms with Gasteiger partial charge in [0.05, 0.1) is 0 Å². The van der Waals surface area contributed by atoms with Crippen molar-refractivity contribution in [1.82, 2.24) is 5.32 Å². The van der Waals surface area contributed by atoms with Gasteiger partial charge < -0.3 is 5.32 Å². The van der Waals surface area contributed by atoms with Crippen LogP contribution in [-0.4, -0.2) is 12.6 Å². The van der Waals surface area contributed by atoms with Gasteiger partial charge in [0.1, 0.15) is 0 Å². The molecule has 0 amide bonds. The molecule has 1 unspecified atom stereocenters. The molecule has 0 aliphatic heterocycles. The van der Waals surface area contributed by atoms with E-state index >= 15 is 0 Å². The minimum absolute atomic E-state index is 0.539. The van der Waals surface area contributed by atoms with E-state index in [9.17, 15) is 0 Å². The van der Waals surface area contributed by atoms with Crippen LogP contribution in [0, 0.1) is 13.8 Å². The van der Waals surface area contributed by atoms with Crippen LogP contribution >= 0.6 is 0 Å². The normalized spacial score (nSPS) is 12.4. The van der Waals surface area contributed by atoms with Gasteiger partial charge in [-0.3, -0.25) is 0 Å². The average Bonchev–Trinajstić information content (AvgIpc) is 2.49. The first kappa shape index (κ1) is 15.8. The average molecular weight is 281 g/mol. The summed E-state index contributed by atoms with van der Waals surface area (Å²) in [5.74, 6) is 0. The second-order valence-electron chi connectivity index (χ2n) is 6.06. The van der Waals surface area contributed by atoms with Gasteiger partial charge in [-0.2, -0.15) is 0 Å². The van der Waals surface area contributed by atoms with Crippen LogP contribution < -0.4 is 5.32 Å². The highest BCUT2D eigenvalue weighted by Crippen LogP contribution is 2.22. The summed E-state index contributed by atoms with van der Waals surface area (Å²) >= 11 is 0. The summed E-state index contributed by atoms with van der Waals surface area (Å²) in [6.45, 7) is 9.90. The second-order valence-corrected chi connectivity index (χ2v) is 6.06. The lowest BCUT2D eigenvalue weighted by Gasteiger charge is -2.13. The van der Waals surface area contributed by atoms with Gasteiger partial charge in [-0.05, 0) is 68.0 Å². The molecular formula is C20H27N. The van der Waals surface area contributed by atoms with Gasteiger partial charge in [0.2, 0.25) is 0 Å². The fourth-order valence-electron chi connectivity index (χ4n) is 2.57. The molecule has 0 heterocycles. The maximum absolute atomic E-state index is 3.54. The number of benzene rings is 2. The Morgan fingerprint density at radius 1 is 0.905 bits per heavy atom. The van der Waals surface area contributed by atoms with Crippen molar-refractivity contribution < 1.29 is 0 Å². The zero-order valence-electron chi connectivity index (χ0n) is 13.7. The monoisotopic (exact) mass is 281 g/mol. The van der Waals surface area contributed by atoms with Crippen molar-refractivity contribution in [1.29, 1.82) is 0 Å². The molecule has 0 bridgehead atoms. The van der Waals surface area contributed by atoms with Crippen LogP contribution in [0.2, 0.25) is 0 Å². The van der Waals surface area contributed by atoms with E-state index in [0.29, 0.717) is 6.04 Å². The molecule has 1 heteroatoms. The molecule has 0 fully saturated rings. The zero-order valence-corrected chi connectivity index (χ0v) is 13.7. The Hall–Kier alpha value is -1.60. The molecule has 2 aromatic carbocycles. The Kier molecular flexibility index (Phi) is 5.58. The molecular weight excluding hydrogens is 254 g/mol. The van der Waals surface area contributed by atoms with E-state index in [4.69, 9.17) is 0 Å². The standard InChI is InChI=1S/C20H27N/c1-5-12-21-17(4)14-18-7-10-19(11-8-18)20-9-6-15(2)16(3)13-20/h6-11,13,17,21H,5,12,14H2,1-4H3. The first-order valence-electron chi connectivity index (χ1n) is 8.00. The fraction of sp³-hybridized carbons (Fsp3) is 0.400. The minimum atomic E-state index is 0.539. The highest BCUT2D eigenvalue weighted by molar-refractivity contribution is 5.65. The predicted octanol–water partition coefficient (Wildman–Crippen LogP) is 4.90. The summed E-state index contributed by atoms with van der Waals surface area (Å²) in [6, 6.07) is 16.2. The molecule has 0 radical (unpaired) electrons. The Morgan fingerprint density at radius 3 is 2.19 bits per heavy atom. The number of hydrogen-bond donors (Lipinski definition) is 1. The van der Waals surface area contributed by atoms with Gasteiger partial charge in [0.15, 0.2) is 0 Å². The van der Waals surface area contributed by atoms with Gasteiger partial charge in [-0.1, -0.05) is 49.4 Å². The molecule has 1 atom stereocenters. The van der Waals surface area contributed by atoms with Crippen molar-refractivity contribution in [3.05, 3.63) is 59.2 Å². The lowest BCUT2D eigenvalue weighted by molar-refractivity contribution is 0.543. The topological polar surface area (TPSA) is 12.0 Å². The van der Waals surface area contributed by atoms with E-state index in [1.54, 1.807) is 0 Å². The summed E-state index contributed by atoms with van der Waals surface area (Å²) in [4.78, 5) is 0. The Balaban J connectivity index is 2.06. The Labute approximate surface area is 129 Å². The highest BCUT2D eigenvalue weighted by atomic mass is 14.9. The minimum Gasteiger partial charge on any atom is -0.314 e. The molecule has 0 saturated heterocycles. The summed E-state index contributed by atoms with van der Waals surface area (Å²) in [5, 5.41) is 3.54. The number of rotatable bonds is 6. The summed E-state index contributed by atoms with van der Waals surface area (Å²) in [5.41, 5.74) is 6.72. The number of aryl methyl sites for hydroxylation is 2. The van der Waals surface area contributed by atoms with Gasteiger partial charge in [0.25, 0.3) is 0 Å². The van der Waals surface area contributed by atoms with Crippen molar-refractivity contribution in [3.63, 3.8) is 0 Å². The first-order valence-corrected chi connectivity index (χ1v) is 8.00. The van der Waals surface area contributed by atoms with Crippen LogP contribution in [0.3, 0.4) is 0 Å². The molecule has 0 aliphatic rings. The molecule has 0 aromatic heterocycles. The summed E-state index contributed by atoms with van der Waals surface area (Å²) in [7, 11) is 0. The summed E-state index contributed by atoms with van der Waals surface area (Å²) in [6.07, 6.45) is 2.28. The van der Waals surface area contributed by atoms with Crippen LogP contribution in [0.25, 0.3) is 11.1 Å². The highest BCUT2D eigenvalue weighted by Gasteiger charge is 2.04. The lowest BCUT2D eigenvalue weighted by atomic mass is 9.98. The predicted molar refractivity (Wildman–Crippen MR) is 92.8 cm³/mol. The third-order valence-electron chi connectivity index (χ3n) is 4.08. The summed E-state index contributed by atoms with van der Waals surface area (Å²) < 4.78 is 0. The van der Waals surface area contributed by atoms with E-state index in [1.165, 1.54) is 34.2 Å². The van der Waals surface area contributed by atoms with Gasteiger partial charge >= 0.3 is 0 Å². The third kappa shape index (κ3) is 4.44. The smallest absolute Gasteiger partial charge is 0.00791 e. The molecule has 0 aliphatic carbocycles. The van der Waals surface area contributed by atoms with Gasteiger partial charge in [-0.25, -0.2) is 0 Å². The molecule has 2 rings (SSSR count). The zero-order chi connectivity index (χ0) is 15.2. The van der Waals surface area contributed by atoms with Crippen LogP contribution in [0.5, 0.6) is 0 Å². The largest absolute Gasteiger partial charge is 0.314 e. The molecule has 112 valence electrons. The van der Waals surface area contributed by atoms with E-state index < -0.39 is 0 Å². The Morgan fingerprint density at radius 2 is 1.57 bits per heavy atom. The van der Waals surface area contributed by atoms with Gasteiger partial charge in [-0.15, -0.1) is 0 Å². The van der Waals surface area contributed by atoms with Crippen LogP contribution in [0.15, 0.2) is 42.5 Å². The van der Waals surface area contributed by atoms with Crippen LogP contribution in [0.4, 0.5) is 0 Å². The van der Waals surface area contributed by atoms with Crippen molar-refractivity contribution in [3.8, 4) is 11.1 Å².